The van der Waals surface area contributed by atoms with Crippen LogP contribution in [0.4, 0.5) is 0 Å². The second kappa shape index (κ2) is 7.21. The summed E-state index contributed by atoms with van der Waals surface area (Å²) in [5, 5.41) is 1.92. The molecule has 0 spiro atoms. The molecule has 0 fully saturated rings. The van der Waals surface area contributed by atoms with Crippen molar-refractivity contribution in [1.82, 2.24) is 14.9 Å². The van der Waals surface area contributed by atoms with Crippen LogP contribution in [0.25, 0.3) is 10.8 Å². The highest BCUT2D eigenvalue weighted by Gasteiger charge is 2.22. The highest BCUT2D eigenvalue weighted by Crippen LogP contribution is 2.22. The highest BCUT2D eigenvalue weighted by molar-refractivity contribution is 6.06. The minimum atomic E-state index is 0.0463. The minimum Gasteiger partial charge on any atom is -0.332 e. The molecule has 3 rings (SSSR count). The summed E-state index contributed by atoms with van der Waals surface area (Å²) < 4.78 is 0. The van der Waals surface area contributed by atoms with Gasteiger partial charge in [0.15, 0.2) is 0 Å². The molecule has 2 heterocycles. The number of pyridine rings is 2. The first-order valence-corrected chi connectivity index (χ1v) is 8.23. The number of benzene rings is 1. The van der Waals surface area contributed by atoms with Crippen LogP contribution in [0.15, 0.2) is 61.2 Å². The first kappa shape index (κ1) is 16.1. The SMILES string of the molecule is CCC(C)N(Cc1cccnc1)C(=O)c1cccc2cnccc12. The van der Waals surface area contributed by atoms with Gasteiger partial charge in [0, 0.05) is 48.3 Å². The smallest absolute Gasteiger partial charge is 0.255 e. The summed E-state index contributed by atoms with van der Waals surface area (Å²) in [6.07, 6.45) is 7.99. The van der Waals surface area contributed by atoms with Crippen LogP contribution in [-0.4, -0.2) is 26.8 Å². The molecule has 1 aromatic carbocycles. The largest absolute Gasteiger partial charge is 0.332 e. The van der Waals surface area contributed by atoms with E-state index in [-0.39, 0.29) is 11.9 Å². The maximum absolute atomic E-state index is 13.2. The molecule has 0 bridgehead atoms. The number of aromatic nitrogens is 2. The molecule has 1 atom stereocenters. The third kappa shape index (κ3) is 3.27. The van der Waals surface area contributed by atoms with Crippen LogP contribution >= 0.6 is 0 Å². The van der Waals surface area contributed by atoms with Crippen molar-refractivity contribution < 1.29 is 4.79 Å². The third-order valence-corrected chi connectivity index (χ3v) is 4.37. The lowest BCUT2D eigenvalue weighted by Gasteiger charge is -2.29. The molecule has 0 N–H and O–H groups in total. The summed E-state index contributed by atoms with van der Waals surface area (Å²) in [4.78, 5) is 23.5. The Hall–Kier alpha value is -2.75. The first-order valence-electron chi connectivity index (χ1n) is 8.23. The maximum atomic E-state index is 13.2. The van der Waals surface area contributed by atoms with Crippen LogP contribution in [0.2, 0.25) is 0 Å². The molecule has 4 heteroatoms. The van der Waals surface area contributed by atoms with Gasteiger partial charge in [0.05, 0.1) is 0 Å². The number of hydrogen-bond acceptors (Lipinski definition) is 3. The number of nitrogens with zero attached hydrogens (tertiary/aromatic N) is 3. The molecule has 0 saturated heterocycles. The monoisotopic (exact) mass is 319 g/mol. The molecule has 2 aromatic heterocycles. The topological polar surface area (TPSA) is 46.1 Å². The van der Waals surface area contributed by atoms with E-state index in [0.717, 1.165) is 28.3 Å². The van der Waals surface area contributed by atoms with E-state index in [9.17, 15) is 4.79 Å². The van der Waals surface area contributed by atoms with E-state index >= 15 is 0 Å². The van der Waals surface area contributed by atoms with Gasteiger partial charge in [0.1, 0.15) is 0 Å². The second-order valence-corrected chi connectivity index (χ2v) is 5.95. The number of carbonyl (C=O) groups excluding carboxylic acids is 1. The Labute approximate surface area is 142 Å². The minimum absolute atomic E-state index is 0.0463. The second-order valence-electron chi connectivity index (χ2n) is 5.95. The van der Waals surface area contributed by atoms with Gasteiger partial charge < -0.3 is 4.90 Å². The van der Waals surface area contributed by atoms with Gasteiger partial charge in [-0.05, 0) is 42.5 Å². The number of rotatable bonds is 5. The van der Waals surface area contributed by atoms with E-state index in [0.29, 0.717) is 6.54 Å². The Morgan fingerprint density at radius 1 is 1.08 bits per heavy atom. The van der Waals surface area contributed by atoms with Gasteiger partial charge in [0.2, 0.25) is 0 Å². The molecular weight excluding hydrogens is 298 g/mol. The van der Waals surface area contributed by atoms with Gasteiger partial charge in [-0.25, -0.2) is 0 Å². The van der Waals surface area contributed by atoms with E-state index in [4.69, 9.17) is 0 Å². The van der Waals surface area contributed by atoms with Crippen molar-refractivity contribution in [1.29, 1.82) is 0 Å². The van der Waals surface area contributed by atoms with Crippen LogP contribution in [0.1, 0.15) is 36.2 Å². The Balaban J connectivity index is 1.99. The molecule has 0 aliphatic rings. The highest BCUT2D eigenvalue weighted by atomic mass is 16.2. The van der Waals surface area contributed by atoms with Crippen molar-refractivity contribution in [2.75, 3.05) is 0 Å². The van der Waals surface area contributed by atoms with Gasteiger partial charge in [-0.3, -0.25) is 14.8 Å². The summed E-state index contributed by atoms with van der Waals surface area (Å²) in [6, 6.07) is 11.7. The van der Waals surface area contributed by atoms with E-state index in [2.05, 4.69) is 23.8 Å². The molecule has 0 aliphatic heterocycles. The normalized spacial score (nSPS) is 12.1. The summed E-state index contributed by atoms with van der Waals surface area (Å²) in [5.41, 5.74) is 1.76. The Kier molecular flexibility index (Phi) is 4.85. The van der Waals surface area contributed by atoms with Crippen molar-refractivity contribution in [2.45, 2.75) is 32.9 Å². The molecule has 0 radical (unpaired) electrons. The quantitative estimate of drug-likeness (QED) is 0.712. The summed E-state index contributed by atoms with van der Waals surface area (Å²) in [6.45, 7) is 4.74. The summed E-state index contributed by atoms with van der Waals surface area (Å²) >= 11 is 0. The van der Waals surface area contributed by atoms with Crippen molar-refractivity contribution in [2.24, 2.45) is 0 Å². The Morgan fingerprint density at radius 3 is 2.67 bits per heavy atom. The van der Waals surface area contributed by atoms with E-state index in [1.54, 1.807) is 18.6 Å². The van der Waals surface area contributed by atoms with E-state index in [1.165, 1.54) is 0 Å². The fraction of sp³-hybridized carbons (Fsp3) is 0.250. The maximum Gasteiger partial charge on any atom is 0.255 e. The molecule has 1 unspecified atom stereocenters. The first-order chi connectivity index (χ1) is 11.7. The lowest BCUT2D eigenvalue weighted by Crippen LogP contribution is -2.37. The molecule has 122 valence electrons. The van der Waals surface area contributed by atoms with Crippen molar-refractivity contribution in [3.8, 4) is 0 Å². The van der Waals surface area contributed by atoms with Crippen LogP contribution in [0.3, 0.4) is 0 Å². The number of amides is 1. The van der Waals surface area contributed by atoms with Gasteiger partial charge in [-0.2, -0.15) is 0 Å². The van der Waals surface area contributed by atoms with Crippen molar-refractivity contribution in [3.63, 3.8) is 0 Å². The predicted molar refractivity (Wildman–Crippen MR) is 95.6 cm³/mol. The summed E-state index contributed by atoms with van der Waals surface area (Å²) in [7, 11) is 0. The predicted octanol–water partition coefficient (Wildman–Crippen LogP) is 4.07. The molecular formula is C20H21N3O. The molecule has 24 heavy (non-hydrogen) atoms. The lowest BCUT2D eigenvalue weighted by molar-refractivity contribution is 0.0673. The van der Waals surface area contributed by atoms with Crippen LogP contribution in [0.5, 0.6) is 0 Å². The molecule has 1 amide bonds. The van der Waals surface area contributed by atoms with Gasteiger partial charge in [0.25, 0.3) is 5.91 Å². The van der Waals surface area contributed by atoms with Gasteiger partial charge in [-0.15, -0.1) is 0 Å². The summed E-state index contributed by atoms with van der Waals surface area (Å²) in [5.74, 6) is 0.0463. The standard InChI is InChI=1S/C20H21N3O/c1-3-15(2)23(14-16-6-5-10-21-12-16)20(24)19-8-4-7-17-13-22-11-9-18(17)19/h4-13,15H,3,14H2,1-2H3. The zero-order valence-corrected chi connectivity index (χ0v) is 14.0. The van der Waals surface area contributed by atoms with E-state index < -0.39 is 0 Å². The Bertz CT molecular complexity index is 827. The number of carbonyl (C=O) groups is 1. The zero-order chi connectivity index (χ0) is 16.9. The van der Waals surface area contributed by atoms with Crippen molar-refractivity contribution in [3.05, 3.63) is 72.3 Å². The van der Waals surface area contributed by atoms with Gasteiger partial charge in [-0.1, -0.05) is 25.1 Å². The average molecular weight is 319 g/mol. The fourth-order valence-corrected chi connectivity index (χ4v) is 2.80. The van der Waals surface area contributed by atoms with Crippen molar-refractivity contribution >= 4 is 16.7 Å². The molecule has 3 aromatic rings. The average Bonchev–Trinajstić information content (AvgIpc) is 2.65. The molecule has 4 nitrogen and oxygen atoms in total. The zero-order valence-electron chi connectivity index (χ0n) is 14.0. The molecule has 0 saturated carbocycles. The number of hydrogen-bond donors (Lipinski definition) is 0. The van der Waals surface area contributed by atoms with Crippen LogP contribution in [0, 0.1) is 0 Å². The fourth-order valence-electron chi connectivity index (χ4n) is 2.80. The van der Waals surface area contributed by atoms with Crippen LogP contribution < -0.4 is 0 Å². The molecule has 0 aliphatic carbocycles. The van der Waals surface area contributed by atoms with Crippen LogP contribution in [-0.2, 0) is 6.54 Å². The lowest BCUT2D eigenvalue weighted by atomic mass is 10.0. The number of fused-ring (bicyclic) bond motifs is 1. The Morgan fingerprint density at radius 2 is 1.92 bits per heavy atom. The van der Waals surface area contributed by atoms with Gasteiger partial charge >= 0.3 is 0 Å². The third-order valence-electron chi connectivity index (χ3n) is 4.37. The van der Waals surface area contributed by atoms with E-state index in [1.807, 2.05) is 47.5 Å².